The Balaban J connectivity index is 1.81. The minimum absolute atomic E-state index is 0.0202. The summed E-state index contributed by atoms with van der Waals surface area (Å²) in [5, 5.41) is 13.6. The van der Waals surface area contributed by atoms with Crippen LogP contribution in [-0.2, 0) is 10.3 Å². The first-order valence-electron chi connectivity index (χ1n) is 10.5. The van der Waals surface area contributed by atoms with E-state index < -0.39 is 17.6 Å². The largest absolute Gasteiger partial charge is 0.491 e. The molecule has 0 saturated heterocycles. The fourth-order valence-corrected chi connectivity index (χ4v) is 3.95. The van der Waals surface area contributed by atoms with Gasteiger partial charge in [-0.05, 0) is 28.8 Å². The van der Waals surface area contributed by atoms with Crippen LogP contribution in [0.25, 0.3) is 0 Å². The zero-order chi connectivity index (χ0) is 22.2. The quantitative estimate of drug-likeness (QED) is 0.368. The number of rotatable bonds is 9. The van der Waals surface area contributed by atoms with E-state index in [1.54, 1.807) is 0 Å². The molecule has 160 valence electrons. The summed E-state index contributed by atoms with van der Waals surface area (Å²) in [6.07, 6.45) is 0. The van der Waals surface area contributed by atoms with Crippen molar-refractivity contribution in [2.24, 2.45) is 0 Å². The Morgan fingerprint density at radius 2 is 1.06 bits per heavy atom. The zero-order valence-corrected chi connectivity index (χ0v) is 17.6. The number of para-hydroxylation sites is 1. The molecule has 4 heteroatoms. The van der Waals surface area contributed by atoms with Crippen LogP contribution < -0.4 is 10.1 Å². The van der Waals surface area contributed by atoms with E-state index in [1.165, 1.54) is 0 Å². The molecule has 4 rings (SSSR count). The summed E-state index contributed by atoms with van der Waals surface area (Å²) in [6, 6.07) is 38.1. The fraction of sp³-hybridized carbons (Fsp3) is 0.107. The topological polar surface area (TPSA) is 58.6 Å². The Bertz CT molecular complexity index is 1020. The zero-order valence-electron chi connectivity index (χ0n) is 17.6. The normalized spacial score (nSPS) is 12.1. The number of nitrogens with one attached hydrogen (secondary N) is 1. The van der Waals surface area contributed by atoms with Gasteiger partial charge >= 0.3 is 5.97 Å². The summed E-state index contributed by atoms with van der Waals surface area (Å²) in [5.74, 6) is -0.349. The molecule has 0 saturated carbocycles. The van der Waals surface area contributed by atoms with Gasteiger partial charge in [0.05, 0.1) is 5.54 Å². The van der Waals surface area contributed by atoms with Crippen molar-refractivity contribution in [3.05, 3.63) is 138 Å². The van der Waals surface area contributed by atoms with E-state index in [9.17, 15) is 9.90 Å². The maximum Gasteiger partial charge on any atom is 0.324 e. The Kier molecular flexibility index (Phi) is 6.63. The third kappa shape index (κ3) is 4.56. The van der Waals surface area contributed by atoms with E-state index >= 15 is 0 Å². The molecule has 0 bridgehead atoms. The van der Waals surface area contributed by atoms with Crippen LogP contribution in [0.3, 0.4) is 0 Å². The number of hydrogen-bond acceptors (Lipinski definition) is 3. The molecule has 0 radical (unpaired) electrons. The molecule has 0 amide bonds. The van der Waals surface area contributed by atoms with Crippen molar-refractivity contribution in [3.63, 3.8) is 0 Å². The predicted octanol–water partition coefficient (Wildman–Crippen LogP) is 5.10. The van der Waals surface area contributed by atoms with Crippen LogP contribution in [0.15, 0.2) is 121 Å². The van der Waals surface area contributed by atoms with Crippen molar-refractivity contribution < 1.29 is 14.6 Å². The van der Waals surface area contributed by atoms with E-state index in [4.69, 9.17) is 4.74 Å². The number of carboxylic acids is 1. The minimum Gasteiger partial charge on any atom is -0.491 e. The van der Waals surface area contributed by atoms with Gasteiger partial charge in [-0.1, -0.05) is 109 Å². The van der Waals surface area contributed by atoms with Gasteiger partial charge in [0, 0.05) is 0 Å². The predicted molar refractivity (Wildman–Crippen MR) is 126 cm³/mol. The Hall–Kier alpha value is -3.89. The van der Waals surface area contributed by atoms with Crippen molar-refractivity contribution in [1.29, 1.82) is 0 Å². The lowest BCUT2D eigenvalue weighted by Gasteiger charge is -2.39. The van der Waals surface area contributed by atoms with Gasteiger partial charge in [0.1, 0.15) is 18.4 Å². The van der Waals surface area contributed by atoms with Crippen LogP contribution >= 0.6 is 0 Å². The number of aliphatic carboxylic acids is 1. The monoisotopic (exact) mass is 423 g/mol. The lowest BCUT2D eigenvalue weighted by Crippen LogP contribution is -2.54. The van der Waals surface area contributed by atoms with Crippen molar-refractivity contribution in [2.75, 3.05) is 6.61 Å². The van der Waals surface area contributed by atoms with E-state index in [-0.39, 0.29) is 6.61 Å². The first-order valence-corrected chi connectivity index (χ1v) is 10.5. The van der Waals surface area contributed by atoms with Crippen LogP contribution in [0.4, 0.5) is 0 Å². The lowest BCUT2D eigenvalue weighted by molar-refractivity contribution is -0.140. The van der Waals surface area contributed by atoms with E-state index in [0.29, 0.717) is 5.75 Å². The molecule has 32 heavy (non-hydrogen) atoms. The average molecular weight is 424 g/mol. The van der Waals surface area contributed by atoms with Gasteiger partial charge in [-0.2, -0.15) is 0 Å². The van der Waals surface area contributed by atoms with E-state index in [2.05, 4.69) is 5.32 Å². The molecule has 1 atom stereocenters. The molecule has 0 spiro atoms. The third-order valence-electron chi connectivity index (χ3n) is 5.47. The number of ether oxygens (including phenoxy) is 1. The maximum atomic E-state index is 12.3. The van der Waals surface area contributed by atoms with Crippen LogP contribution in [0, 0.1) is 0 Å². The molecule has 4 aromatic rings. The van der Waals surface area contributed by atoms with Crippen LogP contribution in [0.5, 0.6) is 5.75 Å². The van der Waals surface area contributed by atoms with Gasteiger partial charge in [0.25, 0.3) is 0 Å². The Morgan fingerprint density at radius 1 is 0.688 bits per heavy atom. The highest BCUT2D eigenvalue weighted by molar-refractivity contribution is 5.74. The molecular weight excluding hydrogens is 398 g/mol. The lowest BCUT2D eigenvalue weighted by atomic mass is 9.76. The molecule has 0 aliphatic rings. The number of benzene rings is 4. The Labute approximate surface area is 188 Å². The fourth-order valence-electron chi connectivity index (χ4n) is 3.95. The highest BCUT2D eigenvalue weighted by Gasteiger charge is 2.40. The molecule has 4 aromatic carbocycles. The van der Waals surface area contributed by atoms with Crippen molar-refractivity contribution >= 4 is 5.97 Å². The molecule has 0 unspecified atom stereocenters. The van der Waals surface area contributed by atoms with Gasteiger partial charge in [0.2, 0.25) is 0 Å². The maximum absolute atomic E-state index is 12.3. The van der Waals surface area contributed by atoms with Gasteiger partial charge in [-0.15, -0.1) is 0 Å². The molecule has 0 fully saturated rings. The standard InChI is InChI=1S/C28H25NO3/c30-27(31)26(21-32-25-19-11-4-12-20-25)29-28(22-13-5-1-6-14-22,23-15-7-2-8-16-23)24-17-9-3-10-18-24/h1-20,26,29H,21H2,(H,30,31)/t26-/m0/s1. The third-order valence-corrected chi connectivity index (χ3v) is 5.47. The molecule has 4 nitrogen and oxygen atoms in total. The molecule has 0 heterocycles. The van der Waals surface area contributed by atoms with Crippen molar-refractivity contribution in [1.82, 2.24) is 5.32 Å². The van der Waals surface area contributed by atoms with E-state index in [1.807, 2.05) is 121 Å². The second-order valence-corrected chi connectivity index (χ2v) is 7.51. The van der Waals surface area contributed by atoms with Crippen molar-refractivity contribution in [3.8, 4) is 5.75 Å². The van der Waals surface area contributed by atoms with Gasteiger partial charge in [-0.3, -0.25) is 10.1 Å². The first kappa shape index (κ1) is 21.3. The van der Waals surface area contributed by atoms with Crippen LogP contribution in [-0.4, -0.2) is 23.7 Å². The second kappa shape index (κ2) is 9.94. The first-order chi connectivity index (χ1) is 15.7. The summed E-state index contributed by atoms with van der Waals surface area (Å²) in [7, 11) is 0. The molecule has 0 aromatic heterocycles. The number of carboxylic acid groups (broad SMARTS) is 1. The summed E-state index contributed by atoms with van der Waals surface area (Å²) >= 11 is 0. The second-order valence-electron chi connectivity index (χ2n) is 7.51. The summed E-state index contributed by atoms with van der Waals surface area (Å²) in [4.78, 5) is 12.3. The summed E-state index contributed by atoms with van der Waals surface area (Å²) < 4.78 is 5.84. The highest BCUT2D eigenvalue weighted by atomic mass is 16.5. The van der Waals surface area contributed by atoms with Crippen LogP contribution in [0.2, 0.25) is 0 Å². The minimum atomic E-state index is -0.979. The highest BCUT2D eigenvalue weighted by Crippen LogP contribution is 2.37. The number of carbonyl (C=O) groups is 1. The molecular formula is C28H25NO3. The number of hydrogen-bond donors (Lipinski definition) is 2. The Morgan fingerprint density at radius 3 is 1.44 bits per heavy atom. The molecule has 2 N–H and O–H groups in total. The van der Waals surface area contributed by atoms with Gasteiger partial charge in [0.15, 0.2) is 0 Å². The van der Waals surface area contributed by atoms with Crippen molar-refractivity contribution in [2.45, 2.75) is 11.6 Å². The van der Waals surface area contributed by atoms with Crippen LogP contribution in [0.1, 0.15) is 16.7 Å². The van der Waals surface area contributed by atoms with Gasteiger partial charge in [-0.25, -0.2) is 0 Å². The average Bonchev–Trinajstić information content (AvgIpc) is 2.86. The summed E-state index contributed by atoms with van der Waals surface area (Å²) in [5.41, 5.74) is 1.96. The molecule has 0 aliphatic heterocycles. The molecule has 0 aliphatic carbocycles. The summed E-state index contributed by atoms with van der Waals surface area (Å²) in [6.45, 7) is -0.0202. The van der Waals surface area contributed by atoms with E-state index in [0.717, 1.165) is 16.7 Å². The van der Waals surface area contributed by atoms with Gasteiger partial charge < -0.3 is 9.84 Å². The SMILES string of the molecule is O=C(O)[C@H](COc1ccccc1)NC(c1ccccc1)(c1ccccc1)c1ccccc1. The smallest absolute Gasteiger partial charge is 0.324 e.